The summed E-state index contributed by atoms with van der Waals surface area (Å²) in [5, 5.41) is 15.7. The summed E-state index contributed by atoms with van der Waals surface area (Å²) in [7, 11) is 0. The van der Waals surface area contributed by atoms with Crippen LogP contribution in [0.25, 0.3) is 10.4 Å². The standard InChI is InChI=1S/C25H33ClN4O5S/c1-15-20(36-14-28-15)17-7-5-16(6-8-17)12-27-22(32)19-11-18(31)13-30(19)23(33)21(25(2,3)4)29-24(34)35-10-9-26/h5-8,14,18-19,21,31H,9-13H2,1-4H3,(H,27,32)(H,29,34)/t18-,19+,21+/m1/s1. The number of nitrogens with zero attached hydrogens (tertiary/aromatic N) is 2. The Hall–Kier alpha value is -2.69. The molecule has 0 spiro atoms. The number of benzene rings is 1. The maximum atomic E-state index is 13.4. The molecule has 9 nitrogen and oxygen atoms in total. The average Bonchev–Trinajstić information content (AvgIpc) is 3.44. The van der Waals surface area contributed by atoms with Gasteiger partial charge in [0.15, 0.2) is 0 Å². The average molecular weight is 537 g/mol. The van der Waals surface area contributed by atoms with Gasteiger partial charge in [-0.05, 0) is 23.5 Å². The SMILES string of the molecule is Cc1ncsc1-c1ccc(CNC(=O)[C@@H]2C[C@@H](O)CN2C(=O)[C@H](NC(=O)OCCCl)C(C)(C)C)cc1. The van der Waals surface area contributed by atoms with Gasteiger partial charge in [0.2, 0.25) is 11.8 Å². The quantitative estimate of drug-likeness (QED) is 0.446. The van der Waals surface area contributed by atoms with Crippen LogP contribution in [0.4, 0.5) is 4.79 Å². The van der Waals surface area contributed by atoms with Crippen molar-refractivity contribution in [3.05, 3.63) is 41.0 Å². The first kappa shape index (κ1) is 27.9. The number of aromatic nitrogens is 1. The summed E-state index contributed by atoms with van der Waals surface area (Å²) >= 11 is 7.14. The number of aliphatic hydroxyl groups excluding tert-OH is 1. The van der Waals surface area contributed by atoms with Crippen LogP contribution in [-0.4, -0.2) is 70.1 Å². The van der Waals surface area contributed by atoms with Crippen molar-refractivity contribution in [1.82, 2.24) is 20.5 Å². The lowest BCUT2D eigenvalue weighted by molar-refractivity contribution is -0.142. The van der Waals surface area contributed by atoms with Gasteiger partial charge in [-0.1, -0.05) is 45.0 Å². The predicted octanol–water partition coefficient (Wildman–Crippen LogP) is 3.08. The molecule has 1 aliphatic rings. The molecular weight excluding hydrogens is 504 g/mol. The topological polar surface area (TPSA) is 121 Å². The largest absolute Gasteiger partial charge is 0.448 e. The third kappa shape index (κ3) is 6.96. The lowest BCUT2D eigenvalue weighted by Gasteiger charge is -2.35. The van der Waals surface area contributed by atoms with Crippen LogP contribution in [0.5, 0.6) is 0 Å². The number of thiazole rings is 1. The van der Waals surface area contributed by atoms with Gasteiger partial charge in [0.25, 0.3) is 0 Å². The Labute approximate surface area is 220 Å². The number of rotatable bonds is 8. The Morgan fingerprint density at radius 2 is 1.97 bits per heavy atom. The summed E-state index contributed by atoms with van der Waals surface area (Å²) in [5.41, 5.74) is 4.09. The van der Waals surface area contributed by atoms with E-state index in [0.717, 1.165) is 21.7 Å². The van der Waals surface area contributed by atoms with E-state index >= 15 is 0 Å². The smallest absolute Gasteiger partial charge is 0.407 e. The minimum absolute atomic E-state index is 0.00477. The number of aryl methyl sites for hydroxylation is 1. The molecule has 3 amide bonds. The van der Waals surface area contributed by atoms with Crippen LogP contribution in [0.1, 0.15) is 38.4 Å². The fraction of sp³-hybridized carbons (Fsp3) is 0.520. The predicted molar refractivity (Wildman–Crippen MR) is 139 cm³/mol. The molecule has 1 saturated heterocycles. The maximum absolute atomic E-state index is 13.4. The van der Waals surface area contributed by atoms with Crippen molar-refractivity contribution >= 4 is 40.8 Å². The molecule has 36 heavy (non-hydrogen) atoms. The maximum Gasteiger partial charge on any atom is 0.407 e. The van der Waals surface area contributed by atoms with Gasteiger partial charge in [-0.3, -0.25) is 9.59 Å². The Morgan fingerprint density at radius 3 is 2.56 bits per heavy atom. The summed E-state index contributed by atoms with van der Waals surface area (Å²) in [4.78, 5) is 45.4. The highest BCUT2D eigenvalue weighted by Gasteiger charge is 2.44. The van der Waals surface area contributed by atoms with Crippen molar-refractivity contribution in [2.75, 3.05) is 19.0 Å². The number of carbonyl (C=O) groups excluding carboxylic acids is 3. The van der Waals surface area contributed by atoms with E-state index in [1.54, 1.807) is 32.1 Å². The van der Waals surface area contributed by atoms with Crippen LogP contribution in [0.15, 0.2) is 29.8 Å². The summed E-state index contributed by atoms with van der Waals surface area (Å²) < 4.78 is 4.97. The number of ether oxygens (including phenoxy) is 1. The van der Waals surface area contributed by atoms with Crippen LogP contribution < -0.4 is 10.6 Å². The van der Waals surface area contributed by atoms with Gasteiger partial charge in [-0.15, -0.1) is 22.9 Å². The summed E-state index contributed by atoms with van der Waals surface area (Å²) in [6.45, 7) is 7.66. The van der Waals surface area contributed by atoms with E-state index < -0.39 is 35.6 Å². The van der Waals surface area contributed by atoms with E-state index in [1.807, 2.05) is 36.7 Å². The number of hydrogen-bond donors (Lipinski definition) is 3. The first-order chi connectivity index (χ1) is 17.0. The Balaban J connectivity index is 1.66. The van der Waals surface area contributed by atoms with Crippen LogP contribution in [0, 0.1) is 12.3 Å². The normalized spacial score (nSPS) is 18.6. The summed E-state index contributed by atoms with van der Waals surface area (Å²) in [6, 6.07) is 6.04. The van der Waals surface area contributed by atoms with Gasteiger partial charge in [-0.2, -0.15) is 0 Å². The number of hydrogen-bond acceptors (Lipinski definition) is 7. The lowest BCUT2D eigenvalue weighted by atomic mass is 9.85. The molecule has 1 aliphatic heterocycles. The van der Waals surface area contributed by atoms with Crippen LogP contribution in [0.2, 0.25) is 0 Å². The number of carbonyl (C=O) groups is 3. The second-order valence-electron chi connectivity index (χ2n) is 9.85. The van der Waals surface area contributed by atoms with Crippen molar-refractivity contribution in [1.29, 1.82) is 0 Å². The molecule has 2 aromatic rings. The molecule has 196 valence electrons. The highest BCUT2D eigenvalue weighted by molar-refractivity contribution is 7.13. The van der Waals surface area contributed by atoms with Crippen molar-refractivity contribution in [3.63, 3.8) is 0 Å². The molecule has 0 radical (unpaired) electrons. The Bertz CT molecular complexity index is 1070. The molecule has 2 heterocycles. The highest BCUT2D eigenvalue weighted by Crippen LogP contribution is 2.28. The van der Waals surface area contributed by atoms with Gasteiger partial charge in [0.05, 0.1) is 28.1 Å². The van der Waals surface area contributed by atoms with E-state index in [4.69, 9.17) is 16.3 Å². The Morgan fingerprint density at radius 1 is 1.28 bits per heavy atom. The molecule has 3 atom stereocenters. The highest BCUT2D eigenvalue weighted by atomic mass is 35.5. The van der Waals surface area contributed by atoms with Gasteiger partial charge >= 0.3 is 6.09 Å². The molecule has 0 bridgehead atoms. The molecule has 0 saturated carbocycles. The zero-order chi connectivity index (χ0) is 26.5. The van der Waals surface area contributed by atoms with Crippen molar-refractivity contribution in [2.24, 2.45) is 5.41 Å². The number of amides is 3. The molecule has 0 unspecified atom stereocenters. The number of nitrogens with one attached hydrogen (secondary N) is 2. The first-order valence-corrected chi connectivity index (χ1v) is 13.2. The summed E-state index contributed by atoms with van der Waals surface area (Å²) in [5.74, 6) is -0.679. The molecule has 1 aromatic carbocycles. The minimum Gasteiger partial charge on any atom is -0.448 e. The van der Waals surface area contributed by atoms with E-state index in [-0.39, 0.29) is 37.9 Å². The second kappa shape index (κ2) is 12.0. The van der Waals surface area contributed by atoms with Crippen LogP contribution >= 0.6 is 22.9 Å². The molecule has 1 fully saturated rings. The lowest BCUT2D eigenvalue weighted by Crippen LogP contribution is -2.57. The van der Waals surface area contributed by atoms with Gasteiger partial charge in [0.1, 0.15) is 18.7 Å². The van der Waals surface area contributed by atoms with Crippen molar-refractivity contribution in [3.8, 4) is 10.4 Å². The van der Waals surface area contributed by atoms with E-state index in [0.29, 0.717) is 0 Å². The number of likely N-dealkylation sites (tertiary alicyclic amines) is 1. The zero-order valence-corrected chi connectivity index (χ0v) is 22.5. The number of alkyl halides is 1. The van der Waals surface area contributed by atoms with Crippen LogP contribution in [0.3, 0.4) is 0 Å². The molecule has 1 aromatic heterocycles. The van der Waals surface area contributed by atoms with Crippen LogP contribution in [-0.2, 0) is 20.9 Å². The number of halogens is 1. The number of aliphatic hydroxyl groups is 1. The van der Waals surface area contributed by atoms with Crippen molar-refractivity contribution < 1.29 is 24.2 Å². The third-order valence-corrected chi connectivity index (χ3v) is 7.11. The van der Waals surface area contributed by atoms with E-state index in [1.165, 1.54) is 4.90 Å². The molecule has 0 aliphatic carbocycles. The number of β-amino-alcohol motifs (C(OH)–C–C–N with tert-alkyl or cyclic N) is 1. The fourth-order valence-corrected chi connectivity index (χ4v) is 4.96. The summed E-state index contributed by atoms with van der Waals surface area (Å²) in [6.07, 6.45) is -1.48. The van der Waals surface area contributed by atoms with E-state index in [2.05, 4.69) is 15.6 Å². The molecular formula is C25H33ClN4O5S. The zero-order valence-electron chi connectivity index (χ0n) is 20.9. The van der Waals surface area contributed by atoms with Gasteiger partial charge in [-0.25, -0.2) is 9.78 Å². The number of alkyl carbamates (subject to hydrolysis) is 1. The second-order valence-corrected chi connectivity index (χ2v) is 11.1. The molecule has 3 rings (SSSR count). The third-order valence-electron chi connectivity index (χ3n) is 5.98. The van der Waals surface area contributed by atoms with Gasteiger partial charge < -0.3 is 25.4 Å². The minimum atomic E-state index is -0.955. The van der Waals surface area contributed by atoms with Gasteiger partial charge in [0, 0.05) is 19.5 Å². The Kier molecular flexibility index (Phi) is 9.32. The van der Waals surface area contributed by atoms with E-state index in [9.17, 15) is 19.5 Å². The van der Waals surface area contributed by atoms with Crippen molar-refractivity contribution in [2.45, 2.75) is 58.8 Å². The monoisotopic (exact) mass is 536 g/mol. The fourth-order valence-electron chi connectivity index (χ4n) is 4.07. The molecule has 11 heteroatoms. The molecule has 3 N–H and O–H groups in total. The first-order valence-electron chi connectivity index (χ1n) is 11.8.